The molecule has 2 saturated carbocycles. The monoisotopic (exact) mass is 659 g/mol. The summed E-state index contributed by atoms with van der Waals surface area (Å²) in [6.45, 7) is 0.199. The summed E-state index contributed by atoms with van der Waals surface area (Å²) in [7, 11) is -3.11. The minimum atomic E-state index is -4.60. The van der Waals surface area contributed by atoms with E-state index in [0.717, 1.165) is 6.20 Å². The van der Waals surface area contributed by atoms with Gasteiger partial charge < -0.3 is 19.3 Å². The van der Waals surface area contributed by atoms with Crippen LogP contribution in [0.15, 0.2) is 11.1 Å². The van der Waals surface area contributed by atoms with E-state index < -0.39 is 56.1 Å². The number of hydrogen-bond donors (Lipinski definition) is 1. The van der Waals surface area contributed by atoms with E-state index in [2.05, 4.69) is 19.9 Å². The van der Waals surface area contributed by atoms with Crippen LogP contribution in [0.4, 0.5) is 23.2 Å². The number of piperazine rings is 1. The number of carbonyl (C=O) groups is 1. The molecular weight excluding hydrogens is 630 g/mol. The van der Waals surface area contributed by atoms with Gasteiger partial charge in [0.05, 0.1) is 17.8 Å². The number of anilines is 1. The third-order valence-corrected chi connectivity index (χ3v) is 11.3. The lowest BCUT2D eigenvalue weighted by molar-refractivity contribution is -0.144. The number of rotatable bonds is 10. The van der Waals surface area contributed by atoms with Crippen LogP contribution in [0.5, 0.6) is 0 Å². The third-order valence-electron chi connectivity index (χ3n) is 8.77. The van der Waals surface area contributed by atoms with E-state index in [4.69, 9.17) is 9.47 Å². The van der Waals surface area contributed by atoms with Crippen molar-refractivity contribution in [1.82, 2.24) is 29.2 Å². The fraction of sp³-hybridized carbons (Fsp3) is 0.615. The minimum Gasteiger partial charge on any atom is -0.372 e. The third kappa shape index (κ3) is 4.85. The zero-order chi connectivity index (χ0) is 31.0. The molecule has 18 heteroatoms. The molecule has 12 nitrogen and oxygen atoms in total. The Kier molecular flexibility index (Phi) is 7.15. The molecule has 0 spiro atoms. The largest absolute Gasteiger partial charge is 0.372 e. The Morgan fingerprint density at radius 3 is 2.43 bits per heavy atom. The number of sulfonamides is 1. The summed E-state index contributed by atoms with van der Waals surface area (Å²) in [5.74, 6) is -1.25. The summed E-state index contributed by atoms with van der Waals surface area (Å²) in [5, 5.41) is 6.99. The molecule has 2 aliphatic heterocycles. The summed E-state index contributed by atoms with van der Waals surface area (Å²) in [6.07, 6.45) is -0.119. The molecule has 44 heavy (non-hydrogen) atoms. The van der Waals surface area contributed by atoms with Crippen molar-refractivity contribution in [2.75, 3.05) is 51.5 Å². The van der Waals surface area contributed by atoms with Gasteiger partial charge in [0.1, 0.15) is 34.7 Å². The number of fused-ring (bicyclic) bond motifs is 1. The Bertz CT molecular complexity index is 1730. The predicted molar refractivity (Wildman–Crippen MR) is 148 cm³/mol. The first-order chi connectivity index (χ1) is 21.0. The van der Waals surface area contributed by atoms with E-state index in [1.807, 2.05) is 0 Å². The molecule has 1 atom stereocenters. The standard InChI is InChI=1S/C26H29F4N7O5S2/c1-41-26(5-6-26)24(38)36-9-7-35(8-10-36)18-16(28)15(44(39,40)34-25(13-27)3-4-25)12-37-19(22-32-33-23(43-22)20(29)30)17(31-21(18)37)14-2-11-42-14/h12,14,20,34H,2-11,13H2,1H3. The molecule has 5 heterocycles. The average molecular weight is 660 g/mol. The highest BCUT2D eigenvalue weighted by atomic mass is 32.2. The second-order valence-electron chi connectivity index (χ2n) is 11.6. The van der Waals surface area contributed by atoms with Crippen LogP contribution >= 0.6 is 11.3 Å². The van der Waals surface area contributed by atoms with E-state index in [1.54, 1.807) is 9.80 Å². The first-order valence-electron chi connectivity index (χ1n) is 14.2. The zero-order valence-corrected chi connectivity index (χ0v) is 25.2. The highest BCUT2D eigenvalue weighted by Gasteiger charge is 2.53. The molecule has 2 aliphatic carbocycles. The smallest absolute Gasteiger partial charge is 0.291 e. The van der Waals surface area contributed by atoms with Gasteiger partial charge in [-0.3, -0.25) is 9.20 Å². The number of carbonyl (C=O) groups excluding carboxylic acids is 1. The molecular formula is C26H29F4N7O5S2. The molecule has 4 fully saturated rings. The van der Waals surface area contributed by atoms with Crippen molar-refractivity contribution >= 4 is 38.6 Å². The van der Waals surface area contributed by atoms with Crippen molar-refractivity contribution in [1.29, 1.82) is 0 Å². The van der Waals surface area contributed by atoms with Crippen LogP contribution in [0.1, 0.15) is 55.3 Å². The van der Waals surface area contributed by atoms with Crippen molar-refractivity contribution in [3.63, 3.8) is 0 Å². The topological polar surface area (TPSA) is 131 Å². The summed E-state index contributed by atoms with van der Waals surface area (Å²) < 4.78 is 99.2. The van der Waals surface area contributed by atoms with Gasteiger partial charge in [-0.1, -0.05) is 11.3 Å². The molecule has 238 valence electrons. The number of nitrogens with one attached hydrogen (secondary N) is 1. The van der Waals surface area contributed by atoms with Crippen LogP contribution in [-0.4, -0.2) is 96.5 Å². The van der Waals surface area contributed by atoms with Crippen LogP contribution in [0.2, 0.25) is 0 Å². The maximum atomic E-state index is 16.6. The molecule has 4 aliphatic rings. The molecule has 1 N–H and O–H groups in total. The second kappa shape index (κ2) is 10.6. The lowest BCUT2D eigenvalue weighted by Gasteiger charge is -2.37. The number of hydrogen-bond acceptors (Lipinski definition) is 10. The van der Waals surface area contributed by atoms with Gasteiger partial charge in [-0.25, -0.2) is 35.7 Å². The van der Waals surface area contributed by atoms with E-state index in [-0.39, 0.29) is 72.7 Å². The number of ether oxygens (including phenoxy) is 2. The maximum Gasteiger partial charge on any atom is 0.291 e. The summed E-state index contributed by atoms with van der Waals surface area (Å²) >= 11 is 0.609. The lowest BCUT2D eigenvalue weighted by Crippen LogP contribution is -2.52. The number of amides is 1. The number of pyridine rings is 1. The number of imidazole rings is 1. The number of nitrogens with zero attached hydrogens (tertiary/aromatic N) is 6. The number of alkyl halides is 3. The molecule has 3 aromatic heterocycles. The number of halogens is 4. The van der Waals surface area contributed by atoms with Gasteiger partial charge in [0, 0.05) is 45.9 Å². The molecule has 0 radical (unpaired) electrons. The van der Waals surface area contributed by atoms with Gasteiger partial charge in [0.2, 0.25) is 10.0 Å². The first-order valence-corrected chi connectivity index (χ1v) is 16.5. The van der Waals surface area contributed by atoms with Crippen LogP contribution < -0.4 is 9.62 Å². The van der Waals surface area contributed by atoms with Crippen molar-refractivity contribution in [3.05, 3.63) is 22.7 Å². The molecule has 1 amide bonds. The van der Waals surface area contributed by atoms with Gasteiger partial charge in [-0.2, -0.15) is 0 Å². The van der Waals surface area contributed by atoms with E-state index >= 15 is 4.39 Å². The van der Waals surface area contributed by atoms with Crippen molar-refractivity contribution in [2.45, 2.75) is 60.7 Å². The molecule has 3 aromatic rings. The summed E-state index contributed by atoms with van der Waals surface area (Å²) in [5.41, 5.74) is -1.82. The van der Waals surface area contributed by atoms with Crippen LogP contribution in [-0.2, 0) is 24.3 Å². The summed E-state index contributed by atoms with van der Waals surface area (Å²) in [4.78, 5) is 20.2. The quantitative estimate of drug-likeness (QED) is 0.327. The maximum absolute atomic E-state index is 16.6. The molecule has 0 bridgehead atoms. The van der Waals surface area contributed by atoms with Gasteiger partial charge in [0.15, 0.2) is 21.5 Å². The Balaban J connectivity index is 1.36. The van der Waals surface area contributed by atoms with E-state index in [0.29, 0.717) is 37.2 Å². The van der Waals surface area contributed by atoms with Crippen LogP contribution in [0.25, 0.3) is 16.3 Å². The Morgan fingerprint density at radius 2 is 1.91 bits per heavy atom. The second-order valence-corrected chi connectivity index (χ2v) is 14.2. The predicted octanol–water partition coefficient (Wildman–Crippen LogP) is 3.00. The highest BCUT2D eigenvalue weighted by molar-refractivity contribution is 7.89. The minimum absolute atomic E-state index is 0.0257. The number of aromatic nitrogens is 4. The Hall–Kier alpha value is -2.93. The average Bonchev–Trinajstić information content (AvgIpc) is 3.85. The zero-order valence-electron chi connectivity index (χ0n) is 23.6. The Labute approximate surface area is 253 Å². The number of methoxy groups -OCH3 is 1. The van der Waals surface area contributed by atoms with Crippen molar-refractivity contribution in [3.8, 4) is 10.7 Å². The van der Waals surface area contributed by atoms with Crippen molar-refractivity contribution < 1.29 is 40.2 Å². The summed E-state index contributed by atoms with van der Waals surface area (Å²) in [6, 6.07) is 0. The van der Waals surface area contributed by atoms with E-state index in [1.165, 1.54) is 11.5 Å². The van der Waals surface area contributed by atoms with Gasteiger partial charge in [-0.15, -0.1) is 10.2 Å². The Morgan fingerprint density at radius 1 is 1.20 bits per heavy atom. The van der Waals surface area contributed by atoms with E-state index in [9.17, 15) is 26.4 Å². The van der Waals surface area contributed by atoms with Gasteiger partial charge >= 0.3 is 0 Å². The fourth-order valence-electron chi connectivity index (χ4n) is 5.70. The molecule has 0 aromatic carbocycles. The normalized spacial score (nSPS) is 22.5. The molecule has 7 rings (SSSR count). The van der Waals surface area contributed by atoms with Gasteiger partial charge in [-0.05, 0) is 25.7 Å². The molecule has 2 saturated heterocycles. The van der Waals surface area contributed by atoms with Gasteiger partial charge in [0.25, 0.3) is 12.3 Å². The van der Waals surface area contributed by atoms with Crippen molar-refractivity contribution in [2.24, 2.45) is 0 Å². The fourth-order valence-corrected chi connectivity index (χ4v) is 7.97. The first kappa shape index (κ1) is 29.8. The van der Waals surface area contributed by atoms with Crippen LogP contribution in [0.3, 0.4) is 0 Å². The lowest BCUT2D eigenvalue weighted by atomic mass is 10.1. The molecule has 1 unspecified atom stereocenters. The SMILES string of the molecule is COC1(C(=O)N2CCN(c3c(F)c(S(=O)(=O)NC4(CF)CC4)cn4c(-c5nnc(C(F)F)s5)c(C5CCO5)nc34)CC2)CC1. The van der Waals surface area contributed by atoms with Crippen LogP contribution in [0, 0.1) is 5.82 Å². The highest BCUT2D eigenvalue weighted by Crippen LogP contribution is 2.44.